The van der Waals surface area contributed by atoms with Gasteiger partial charge in [0.05, 0.1) is 11.7 Å². The number of fused-ring (bicyclic) bond motifs is 1. The Balaban J connectivity index is 2.13. The van der Waals surface area contributed by atoms with Crippen LogP contribution < -0.4 is 0 Å². The molecule has 1 unspecified atom stereocenters. The minimum atomic E-state index is -0.679. The van der Waals surface area contributed by atoms with Gasteiger partial charge in [0.25, 0.3) is 0 Å². The second kappa shape index (κ2) is 5.06. The van der Waals surface area contributed by atoms with E-state index in [0.717, 1.165) is 34.3 Å². The van der Waals surface area contributed by atoms with Crippen LogP contribution in [0.1, 0.15) is 29.8 Å². The molecule has 102 valence electrons. The maximum absolute atomic E-state index is 10.6. The zero-order valence-electron chi connectivity index (χ0n) is 11.6. The van der Waals surface area contributed by atoms with E-state index in [1.54, 1.807) is 6.20 Å². The van der Waals surface area contributed by atoms with Gasteiger partial charge in [0, 0.05) is 29.4 Å². The molecule has 0 bridgehead atoms. The van der Waals surface area contributed by atoms with E-state index in [9.17, 15) is 5.11 Å². The Morgan fingerprint density at radius 3 is 2.85 bits per heavy atom. The van der Waals surface area contributed by atoms with Crippen LogP contribution in [0.3, 0.4) is 0 Å². The first kappa shape index (κ1) is 12.8. The topological polar surface area (TPSA) is 50.9 Å². The van der Waals surface area contributed by atoms with Crippen LogP contribution >= 0.6 is 0 Å². The van der Waals surface area contributed by atoms with Gasteiger partial charge in [0.1, 0.15) is 6.10 Å². The lowest BCUT2D eigenvalue weighted by Crippen LogP contribution is -2.02. The Hall–Kier alpha value is -2.20. The van der Waals surface area contributed by atoms with Crippen molar-refractivity contribution < 1.29 is 5.11 Å². The SMILES string of the molecule is CCn1cc(C(O)c2cc(C)nc3ccccc23)cn1. The number of nitrogens with zero attached hydrogens (tertiary/aromatic N) is 3. The number of hydrogen-bond acceptors (Lipinski definition) is 3. The van der Waals surface area contributed by atoms with Gasteiger partial charge in [-0.3, -0.25) is 9.67 Å². The third kappa shape index (κ3) is 2.18. The van der Waals surface area contributed by atoms with Crippen molar-refractivity contribution in [3.05, 3.63) is 59.5 Å². The van der Waals surface area contributed by atoms with E-state index < -0.39 is 6.10 Å². The maximum Gasteiger partial charge on any atom is 0.108 e. The molecule has 20 heavy (non-hydrogen) atoms. The minimum absolute atomic E-state index is 0.679. The third-order valence-electron chi connectivity index (χ3n) is 3.46. The van der Waals surface area contributed by atoms with E-state index in [2.05, 4.69) is 10.1 Å². The molecular formula is C16H17N3O. The van der Waals surface area contributed by atoms with E-state index in [0.29, 0.717) is 0 Å². The lowest BCUT2D eigenvalue weighted by atomic mass is 9.99. The van der Waals surface area contributed by atoms with Crippen molar-refractivity contribution in [1.82, 2.24) is 14.8 Å². The van der Waals surface area contributed by atoms with Gasteiger partial charge in [-0.25, -0.2) is 0 Å². The van der Waals surface area contributed by atoms with Gasteiger partial charge in [-0.1, -0.05) is 18.2 Å². The van der Waals surface area contributed by atoms with Gasteiger partial charge in [0.15, 0.2) is 0 Å². The Labute approximate surface area is 117 Å². The highest BCUT2D eigenvalue weighted by atomic mass is 16.3. The number of rotatable bonds is 3. The number of pyridine rings is 1. The zero-order valence-corrected chi connectivity index (χ0v) is 11.6. The highest BCUT2D eigenvalue weighted by molar-refractivity contribution is 5.83. The van der Waals surface area contributed by atoms with Crippen LogP contribution in [0.2, 0.25) is 0 Å². The zero-order chi connectivity index (χ0) is 14.1. The number of benzene rings is 1. The highest BCUT2D eigenvalue weighted by Gasteiger charge is 2.16. The maximum atomic E-state index is 10.6. The summed E-state index contributed by atoms with van der Waals surface area (Å²) in [7, 11) is 0. The fraction of sp³-hybridized carbons (Fsp3) is 0.250. The summed E-state index contributed by atoms with van der Waals surface area (Å²) in [4.78, 5) is 4.50. The summed E-state index contributed by atoms with van der Waals surface area (Å²) in [5.41, 5.74) is 3.50. The molecule has 3 aromatic rings. The Morgan fingerprint density at radius 2 is 2.10 bits per heavy atom. The molecule has 0 spiro atoms. The number of aliphatic hydroxyl groups excluding tert-OH is 1. The number of aryl methyl sites for hydroxylation is 2. The molecule has 2 heterocycles. The van der Waals surface area contributed by atoms with Crippen LogP contribution in [-0.2, 0) is 6.54 Å². The van der Waals surface area contributed by atoms with Crippen LogP contribution in [0, 0.1) is 6.92 Å². The molecule has 1 atom stereocenters. The van der Waals surface area contributed by atoms with E-state index in [1.807, 2.05) is 55.1 Å². The molecule has 4 nitrogen and oxygen atoms in total. The molecule has 0 amide bonds. The van der Waals surface area contributed by atoms with Gasteiger partial charge in [0.2, 0.25) is 0 Å². The second-order valence-corrected chi connectivity index (χ2v) is 4.90. The van der Waals surface area contributed by atoms with Crippen LogP contribution in [0.5, 0.6) is 0 Å². The first-order valence-electron chi connectivity index (χ1n) is 6.75. The van der Waals surface area contributed by atoms with E-state index in [-0.39, 0.29) is 0 Å². The second-order valence-electron chi connectivity index (χ2n) is 4.90. The summed E-state index contributed by atoms with van der Waals surface area (Å²) >= 11 is 0. The Kier molecular flexibility index (Phi) is 3.24. The Morgan fingerprint density at radius 1 is 1.30 bits per heavy atom. The van der Waals surface area contributed by atoms with Crippen molar-refractivity contribution >= 4 is 10.9 Å². The molecule has 0 fully saturated rings. The molecule has 0 aliphatic heterocycles. The van der Waals surface area contributed by atoms with Crippen LogP contribution in [0.15, 0.2) is 42.7 Å². The number of aromatic nitrogens is 3. The number of para-hydroxylation sites is 1. The van der Waals surface area contributed by atoms with Crippen LogP contribution in [-0.4, -0.2) is 19.9 Å². The van der Waals surface area contributed by atoms with Crippen molar-refractivity contribution in [3.8, 4) is 0 Å². The summed E-state index contributed by atoms with van der Waals surface area (Å²) in [5.74, 6) is 0. The highest BCUT2D eigenvalue weighted by Crippen LogP contribution is 2.28. The predicted molar refractivity (Wildman–Crippen MR) is 78.4 cm³/mol. The Bertz CT molecular complexity index is 748. The molecule has 0 aliphatic carbocycles. The minimum Gasteiger partial charge on any atom is -0.384 e. The summed E-state index contributed by atoms with van der Waals surface area (Å²) in [6.45, 7) is 4.76. The van der Waals surface area contributed by atoms with Crippen molar-refractivity contribution in [2.75, 3.05) is 0 Å². The third-order valence-corrected chi connectivity index (χ3v) is 3.46. The van der Waals surface area contributed by atoms with Gasteiger partial charge < -0.3 is 5.11 Å². The summed E-state index contributed by atoms with van der Waals surface area (Å²) in [6, 6.07) is 9.82. The molecule has 0 aliphatic rings. The number of aliphatic hydroxyl groups is 1. The molecule has 2 aromatic heterocycles. The quantitative estimate of drug-likeness (QED) is 0.794. The average molecular weight is 267 g/mol. The lowest BCUT2D eigenvalue weighted by molar-refractivity contribution is 0.221. The average Bonchev–Trinajstić information content (AvgIpc) is 2.94. The van der Waals surface area contributed by atoms with Crippen LogP contribution in [0.4, 0.5) is 0 Å². The number of hydrogen-bond donors (Lipinski definition) is 1. The molecular weight excluding hydrogens is 250 g/mol. The molecule has 3 rings (SSSR count). The van der Waals surface area contributed by atoms with Gasteiger partial charge >= 0.3 is 0 Å². The fourth-order valence-electron chi connectivity index (χ4n) is 2.44. The monoisotopic (exact) mass is 267 g/mol. The van der Waals surface area contributed by atoms with Crippen molar-refractivity contribution in [1.29, 1.82) is 0 Å². The predicted octanol–water partition coefficient (Wildman–Crippen LogP) is 2.84. The molecule has 1 N–H and O–H groups in total. The summed E-state index contributed by atoms with van der Waals surface area (Å²) in [5, 5.41) is 15.8. The summed E-state index contributed by atoms with van der Waals surface area (Å²) in [6.07, 6.45) is 2.93. The van der Waals surface area contributed by atoms with E-state index in [1.165, 1.54) is 0 Å². The van der Waals surface area contributed by atoms with E-state index in [4.69, 9.17) is 0 Å². The van der Waals surface area contributed by atoms with Crippen LogP contribution in [0.25, 0.3) is 10.9 Å². The fourth-order valence-corrected chi connectivity index (χ4v) is 2.44. The molecule has 0 saturated carbocycles. The lowest BCUT2D eigenvalue weighted by Gasteiger charge is -2.13. The van der Waals surface area contributed by atoms with Crippen molar-refractivity contribution in [2.45, 2.75) is 26.5 Å². The molecule has 0 saturated heterocycles. The molecule has 1 aromatic carbocycles. The first-order valence-corrected chi connectivity index (χ1v) is 6.75. The first-order chi connectivity index (χ1) is 9.69. The normalized spacial score (nSPS) is 12.8. The molecule has 0 radical (unpaired) electrons. The van der Waals surface area contributed by atoms with Gasteiger partial charge in [-0.05, 0) is 31.5 Å². The van der Waals surface area contributed by atoms with Gasteiger partial charge in [-0.15, -0.1) is 0 Å². The smallest absolute Gasteiger partial charge is 0.108 e. The van der Waals surface area contributed by atoms with Gasteiger partial charge in [-0.2, -0.15) is 5.10 Å². The van der Waals surface area contributed by atoms with Crippen molar-refractivity contribution in [3.63, 3.8) is 0 Å². The standard InChI is InChI=1S/C16H17N3O/c1-3-19-10-12(9-17-19)16(20)14-8-11(2)18-15-7-5-4-6-13(14)15/h4-10,16,20H,3H2,1-2H3. The summed E-state index contributed by atoms with van der Waals surface area (Å²) < 4.78 is 1.81. The largest absolute Gasteiger partial charge is 0.384 e. The van der Waals surface area contributed by atoms with Crippen molar-refractivity contribution in [2.24, 2.45) is 0 Å². The van der Waals surface area contributed by atoms with E-state index >= 15 is 0 Å². The molecule has 4 heteroatoms.